The van der Waals surface area contributed by atoms with Gasteiger partial charge in [-0.1, -0.05) is 30.3 Å². The van der Waals surface area contributed by atoms with Gasteiger partial charge < -0.3 is 10.2 Å². The van der Waals surface area contributed by atoms with Crippen LogP contribution in [0.3, 0.4) is 0 Å². The van der Waals surface area contributed by atoms with Gasteiger partial charge in [0, 0.05) is 32.4 Å². The molecule has 0 spiro atoms. The van der Waals surface area contributed by atoms with Crippen LogP contribution >= 0.6 is 0 Å². The molecule has 1 aliphatic heterocycles. The maximum absolute atomic E-state index is 12.7. The third kappa shape index (κ3) is 3.71. The normalized spacial score (nSPS) is 19.9. The summed E-state index contributed by atoms with van der Waals surface area (Å²) in [5, 5.41) is 3.00. The highest BCUT2D eigenvalue weighted by Crippen LogP contribution is 2.36. The number of nitrogens with one attached hydrogen (secondary N) is 1. The Labute approximate surface area is 148 Å². The Bertz CT molecular complexity index is 761. The molecule has 0 bridgehead atoms. The van der Waals surface area contributed by atoms with Crippen molar-refractivity contribution < 1.29 is 9.59 Å². The predicted octanol–water partition coefficient (Wildman–Crippen LogP) is 2.27. The molecule has 1 aliphatic rings. The zero-order valence-electron chi connectivity index (χ0n) is 14.6. The third-order valence-electron chi connectivity index (χ3n) is 4.90. The van der Waals surface area contributed by atoms with Crippen molar-refractivity contribution in [1.29, 1.82) is 0 Å². The minimum absolute atomic E-state index is 0.00657. The Morgan fingerprint density at radius 3 is 2.80 bits per heavy atom. The molecule has 0 saturated carbocycles. The van der Waals surface area contributed by atoms with Gasteiger partial charge in [-0.25, -0.2) is 0 Å². The number of pyridine rings is 1. The van der Waals surface area contributed by atoms with Gasteiger partial charge in [0.05, 0.1) is 12.0 Å². The Balaban J connectivity index is 1.66. The lowest BCUT2D eigenvalue weighted by Crippen LogP contribution is -2.35. The molecule has 3 rings (SSSR count). The Morgan fingerprint density at radius 1 is 1.28 bits per heavy atom. The van der Waals surface area contributed by atoms with E-state index in [4.69, 9.17) is 0 Å². The molecule has 1 aromatic carbocycles. The lowest BCUT2D eigenvalue weighted by Gasteiger charge is -2.24. The van der Waals surface area contributed by atoms with Crippen LogP contribution in [-0.4, -0.2) is 35.3 Å². The molecule has 0 unspecified atom stereocenters. The molecule has 1 fully saturated rings. The minimum atomic E-state index is -0.376. The van der Waals surface area contributed by atoms with E-state index >= 15 is 0 Å². The number of hydrogen-bond donors (Lipinski definition) is 1. The van der Waals surface area contributed by atoms with Crippen LogP contribution in [0.2, 0.25) is 0 Å². The number of likely N-dealkylation sites (tertiary alicyclic amines) is 1. The minimum Gasteiger partial charge on any atom is -0.355 e. The van der Waals surface area contributed by atoms with Gasteiger partial charge >= 0.3 is 0 Å². The monoisotopic (exact) mass is 337 g/mol. The van der Waals surface area contributed by atoms with Gasteiger partial charge in [-0.15, -0.1) is 0 Å². The molecule has 5 nitrogen and oxygen atoms in total. The number of rotatable bonds is 5. The first-order valence-electron chi connectivity index (χ1n) is 8.55. The van der Waals surface area contributed by atoms with Crippen LogP contribution < -0.4 is 5.32 Å². The highest BCUT2D eigenvalue weighted by molar-refractivity contribution is 5.90. The van der Waals surface area contributed by atoms with Gasteiger partial charge in [0.2, 0.25) is 11.8 Å². The van der Waals surface area contributed by atoms with Crippen LogP contribution in [0.25, 0.3) is 0 Å². The van der Waals surface area contributed by atoms with E-state index in [1.165, 1.54) is 11.1 Å². The van der Waals surface area contributed by atoms with Crippen molar-refractivity contribution in [3.8, 4) is 0 Å². The first-order valence-corrected chi connectivity index (χ1v) is 8.55. The highest BCUT2D eigenvalue weighted by atomic mass is 16.2. The molecule has 130 valence electrons. The largest absolute Gasteiger partial charge is 0.355 e. The molecule has 0 radical (unpaired) electrons. The van der Waals surface area contributed by atoms with Crippen molar-refractivity contribution in [2.75, 3.05) is 13.6 Å². The molecule has 2 atom stereocenters. The van der Waals surface area contributed by atoms with Crippen LogP contribution in [0.5, 0.6) is 0 Å². The molecular formula is C20H23N3O2. The van der Waals surface area contributed by atoms with Crippen LogP contribution in [0.15, 0.2) is 48.8 Å². The van der Waals surface area contributed by atoms with Gasteiger partial charge in [-0.05, 0) is 36.1 Å². The van der Waals surface area contributed by atoms with Gasteiger partial charge in [-0.2, -0.15) is 0 Å². The molecule has 25 heavy (non-hydrogen) atoms. The molecule has 1 N–H and O–H groups in total. The van der Waals surface area contributed by atoms with Crippen molar-refractivity contribution in [3.05, 3.63) is 65.5 Å². The maximum atomic E-state index is 12.7. The number of aromatic nitrogens is 1. The second kappa shape index (κ2) is 7.47. The number of nitrogens with zero attached hydrogens (tertiary/aromatic N) is 2. The van der Waals surface area contributed by atoms with E-state index in [1.54, 1.807) is 24.3 Å². The Kier molecular flexibility index (Phi) is 5.12. The number of carbonyl (C=O) groups is 2. The second-order valence-electron chi connectivity index (χ2n) is 6.51. The summed E-state index contributed by atoms with van der Waals surface area (Å²) >= 11 is 0. The van der Waals surface area contributed by atoms with Crippen molar-refractivity contribution >= 4 is 11.8 Å². The summed E-state index contributed by atoms with van der Waals surface area (Å²) in [7, 11) is 1.75. The summed E-state index contributed by atoms with van der Waals surface area (Å²) in [6.45, 7) is 2.64. The topological polar surface area (TPSA) is 62.3 Å². The molecule has 0 aliphatic carbocycles. The van der Waals surface area contributed by atoms with Crippen molar-refractivity contribution in [2.45, 2.75) is 25.8 Å². The zero-order chi connectivity index (χ0) is 17.8. The quantitative estimate of drug-likeness (QED) is 0.910. The summed E-state index contributed by atoms with van der Waals surface area (Å²) < 4.78 is 0. The van der Waals surface area contributed by atoms with E-state index in [2.05, 4.69) is 29.4 Å². The van der Waals surface area contributed by atoms with Crippen LogP contribution in [0.4, 0.5) is 0 Å². The van der Waals surface area contributed by atoms with Crippen LogP contribution in [0.1, 0.15) is 29.2 Å². The average molecular weight is 337 g/mol. The first-order chi connectivity index (χ1) is 12.1. The lowest BCUT2D eigenvalue weighted by atomic mass is 9.94. The fraction of sp³-hybridized carbons (Fsp3) is 0.350. The highest BCUT2D eigenvalue weighted by Gasteiger charge is 2.42. The predicted molar refractivity (Wildman–Crippen MR) is 95.7 cm³/mol. The Morgan fingerprint density at radius 2 is 2.08 bits per heavy atom. The SMILES string of the molecule is Cc1ccccc1CCNC(=O)[C@@H]1CC(=O)N(C)[C@H]1c1cccnc1. The van der Waals surface area contributed by atoms with Crippen molar-refractivity contribution in [2.24, 2.45) is 5.92 Å². The van der Waals surface area contributed by atoms with E-state index in [-0.39, 0.29) is 30.2 Å². The van der Waals surface area contributed by atoms with E-state index in [0.29, 0.717) is 6.54 Å². The molecule has 2 amide bonds. The fourth-order valence-corrected chi connectivity index (χ4v) is 3.45. The molecule has 2 heterocycles. The van der Waals surface area contributed by atoms with E-state index in [9.17, 15) is 9.59 Å². The molecule has 1 aromatic heterocycles. The van der Waals surface area contributed by atoms with Crippen molar-refractivity contribution in [1.82, 2.24) is 15.2 Å². The molecule has 5 heteroatoms. The number of aryl methyl sites for hydroxylation is 1. The van der Waals surface area contributed by atoms with Gasteiger partial charge in [0.25, 0.3) is 0 Å². The fourth-order valence-electron chi connectivity index (χ4n) is 3.45. The second-order valence-corrected chi connectivity index (χ2v) is 6.51. The van der Waals surface area contributed by atoms with Crippen LogP contribution in [0, 0.1) is 12.8 Å². The summed E-state index contributed by atoms with van der Waals surface area (Å²) in [5.41, 5.74) is 3.35. The zero-order valence-corrected chi connectivity index (χ0v) is 14.6. The molecular weight excluding hydrogens is 314 g/mol. The number of amides is 2. The molecule has 1 saturated heterocycles. The van der Waals surface area contributed by atoms with E-state index in [0.717, 1.165) is 12.0 Å². The lowest BCUT2D eigenvalue weighted by molar-refractivity contribution is -0.128. The van der Waals surface area contributed by atoms with Crippen molar-refractivity contribution in [3.63, 3.8) is 0 Å². The van der Waals surface area contributed by atoms with E-state index < -0.39 is 0 Å². The maximum Gasteiger partial charge on any atom is 0.226 e. The van der Waals surface area contributed by atoms with Gasteiger partial charge in [-0.3, -0.25) is 14.6 Å². The standard InChI is InChI=1S/C20H23N3O2/c1-14-6-3-4-7-15(14)9-11-22-20(25)17-12-18(24)23(2)19(17)16-8-5-10-21-13-16/h3-8,10,13,17,19H,9,11-12H2,1-2H3,(H,22,25)/t17-,19+/m1/s1. The number of benzene rings is 1. The number of carbonyl (C=O) groups excluding carboxylic acids is 2. The smallest absolute Gasteiger partial charge is 0.226 e. The summed E-state index contributed by atoms with van der Waals surface area (Å²) in [6, 6.07) is 11.7. The summed E-state index contributed by atoms with van der Waals surface area (Å²) in [5.74, 6) is -0.452. The first kappa shape index (κ1) is 17.1. The summed E-state index contributed by atoms with van der Waals surface area (Å²) in [6.07, 6.45) is 4.45. The van der Waals surface area contributed by atoms with Gasteiger partial charge in [0.15, 0.2) is 0 Å². The molecule has 2 aromatic rings. The van der Waals surface area contributed by atoms with Crippen LogP contribution in [-0.2, 0) is 16.0 Å². The summed E-state index contributed by atoms with van der Waals surface area (Å²) in [4.78, 5) is 30.6. The Hall–Kier alpha value is -2.69. The third-order valence-corrected chi connectivity index (χ3v) is 4.90. The average Bonchev–Trinajstić information content (AvgIpc) is 2.92. The van der Waals surface area contributed by atoms with Gasteiger partial charge in [0.1, 0.15) is 0 Å². The van der Waals surface area contributed by atoms with E-state index in [1.807, 2.05) is 24.3 Å². The number of hydrogen-bond acceptors (Lipinski definition) is 3.